The number of rotatable bonds is 0. The fourth-order valence-electron chi connectivity index (χ4n) is 8.11. The van der Waals surface area contributed by atoms with E-state index in [4.69, 9.17) is 0 Å². The Bertz CT molecular complexity index is 585. The Balaban J connectivity index is 1.54. The normalized spacial score (nSPS) is 53.0. The fourth-order valence-corrected chi connectivity index (χ4v) is 8.11. The van der Waals surface area contributed by atoms with Crippen LogP contribution in [0.15, 0.2) is 0 Å². The third kappa shape index (κ3) is 1.95. The van der Waals surface area contributed by atoms with Crippen LogP contribution in [0.5, 0.6) is 0 Å². The number of carbonyl (C=O) groups excluding carboxylic acids is 2. The minimum Gasteiger partial charge on any atom is -0.291 e. The lowest BCUT2D eigenvalue weighted by molar-refractivity contribution is -0.139. The van der Waals surface area contributed by atoms with Crippen molar-refractivity contribution < 1.29 is 9.59 Å². The van der Waals surface area contributed by atoms with Crippen molar-refractivity contribution >= 4 is 11.6 Å². The first-order valence-corrected chi connectivity index (χ1v) is 10.4. The molecule has 9 atom stereocenters. The smallest absolute Gasteiger partial charge is 0.202 e. The fraction of sp³-hybridized carbons (Fsp3) is 0.909. The summed E-state index contributed by atoms with van der Waals surface area (Å²) >= 11 is 0. The largest absolute Gasteiger partial charge is 0.291 e. The molecular weight excluding hydrogens is 296 g/mol. The summed E-state index contributed by atoms with van der Waals surface area (Å²) in [5.41, 5.74) is 0.378. The molecule has 5 aliphatic rings. The molecular formula is C22H32O2. The summed E-state index contributed by atoms with van der Waals surface area (Å²) in [5, 5.41) is 0. The molecule has 5 rings (SSSR count). The van der Waals surface area contributed by atoms with Gasteiger partial charge in [0.25, 0.3) is 0 Å². The molecule has 5 fully saturated rings. The van der Waals surface area contributed by atoms with E-state index >= 15 is 0 Å². The summed E-state index contributed by atoms with van der Waals surface area (Å²) in [6, 6.07) is 0. The van der Waals surface area contributed by atoms with Gasteiger partial charge in [0.15, 0.2) is 0 Å². The summed E-state index contributed by atoms with van der Waals surface area (Å²) in [5.74, 6) is 5.48. The lowest BCUT2D eigenvalue weighted by Gasteiger charge is -2.60. The summed E-state index contributed by atoms with van der Waals surface area (Å²) < 4.78 is 0. The Morgan fingerprint density at radius 3 is 2.04 bits per heavy atom. The third-order valence-electron chi connectivity index (χ3n) is 9.08. The van der Waals surface area contributed by atoms with Gasteiger partial charge in [-0.1, -0.05) is 20.8 Å². The molecule has 0 aromatic heterocycles. The lowest BCUT2D eigenvalue weighted by Crippen LogP contribution is -2.55. The van der Waals surface area contributed by atoms with Gasteiger partial charge in [-0.05, 0) is 91.8 Å². The highest BCUT2D eigenvalue weighted by atomic mass is 16.2. The molecule has 0 bridgehead atoms. The summed E-state index contributed by atoms with van der Waals surface area (Å²) in [6.07, 6.45) is 8.77. The van der Waals surface area contributed by atoms with E-state index in [1.54, 1.807) is 0 Å². The van der Waals surface area contributed by atoms with Crippen LogP contribution in [0, 0.1) is 58.7 Å². The standard InChI is InChI=1S/C22H32O2/c1-22(2,3)14-8-12-5-4-11-6-7-15-19-16(21(24)20(15)23)10-13(9-14)17(12)18(11)19/h11-19H,4-10H2,1-3H3. The molecule has 9 unspecified atom stereocenters. The van der Waals surface area contributed by atoms with E-state index in [1.165, 1.54) is 32.1 Å². The topological polar surface area (TPSA) is 34.1 Å². The molecule has 0 amide bonds. The summed E-state index contributed by atoms with van der Waals surface area (Å²) in [4.78, 5) is 25.3. The SMILES string of the molecule is CC(C)(C)C1CC2CCC3CCC4C(=O)C(=O)C5CC(C1)C2C3C45. The molecule has 0 aromatic carbocycles. The molecule has 132 valence electrons. The Labute approximate surface area is 146 Å². The van der Waals surface area contributed by atoms with Crippen LogP contribution in [0.25, 0.3) is 0 Å². The quantitative estimate of drug-likeness (QED) is 0.613. The maximum atomic E-state index is 12.7. The van der Waals surface area contributed by atoms with E-state index in [9.17, 15) is 9.59 Å². The predicted molar refractivity (Wildman–Crippen MR) is 93.2 cm³/mol. The third-order valence-corrected chi connectivity index (χ3v) is 9.08. The van der Waals surface area contributed by atoms with E-state index in [0.29, 0.717) is 17.3 Å². The van der Waals surface area contributed by atoms with Crippen molar-refractivity contribution in [3.8, 4) is 0 Å². The van der Waals surface area contributed by atoms with E-state index in [0.717, 1.165) is 42.4 Å². The molecule has 2 nitrogen and oxygen atoms in total. The zero-order valence-electron chi connectivity index (χ0n) is 15.5. The molecule has 5 aliphatic carbocycles. The Hall–Kier alpha value is -0.660. The highest BCUT2D eigenvalue weighted by Gasteiger charge is 2.64. The second kappa shape index (κ2) is 4.95. The van der Waals surface area contributed by atoms with Gasteiger partial charge in [0.05, 0.1) is 0 Å². The van der Waals surface area contributed by atoms with Crippen molar-refractivity contribution in [3.63, 3.8) is 0 Å². The van der Waals surface area contributed by atoms with Crippen molar-refractivity contribution in [2.24, 2.45) is 58.7 Å². The molecule has 2 heteroatoms. The molecule has 0 saturated heterocycles. The Morgan fingerprint density at radius 1 is 0.667 bits per heavy atom. The van der Waals surface area contributed by atoms with Crippen LogP contribution in [-0.4, -0.2) is 11.6 Å². The van der Waals surface area contributed by atoms with Gasteiger partial charge in [-0.3, -0.25) is 9.59 Å². The molecule has 0 aliphatic heterocycles. The van der Waals surface area contributed by atoms with E-state index in [1.807, 2.05) is 0 Å². The van der Waals surface area contributed by atoms with Gasteiger partial charge < -0.3 is 0 Å². The molecule has 0 radical (unpaired) electrons. The maximum absolute atomic E-state index is 12.7. The van der Waals surface area contributed by atoms with Crippen molar-refractivity contribution in [3.05, 3.63) is 0 Å². The molecule has 0 spiro atoms. The molecule has 0 aromatic rings. The second-order valence-electron chi connectivity index (χ2n) is 10.9. The van der Waals surface area contributed by atoms with Crippen molar-refractivity contribution in [2.45, 2.75) is 65.7 Å². The first-order valence-electron chi connectivity index (χ1n) is 10.4. The molecule has 0 heterocycles. The summed E-state index contributed by atoms with van der Waals surface area (Å²) in [7, 11) is 0. The van der Waals surface area contributed by atoms with Gasteiger partial charge in [-0.15, -0.1) is 0 Å². The van der Waals surface area contributed by atoms with Crippen LogP contribution in [-0.2, 0) is 9.59 Å². The maximum Gasteiger partial charge on any atom is 0.202 e. The van der Waals surface area contributed by atoms with Crippen LogP contribution in [0.1, 0.15) is 65.7 Å². The lowest BCUT2D eigenvalue weighted by atomic mass is 9.44. The average molecular weight is 328 g/mol. The van der Waals surface area contributed by atoms with Crippen LogP contribution in [0.3, 0.4) is 0 Å². The minimum atomic E-state index is 0.0246. The van der Waals surface area contributed by atoms with Crippen LogP contribution < -0.4 is 0 Å². The van der Waals surface area contributed by atoms with Gasteiger partial charge in [-0.2, -0.15) is 0 Å². The van der Waals surface area contributed by atoms with Crippen molar-refractivity contribution in [1.82, 2.24) is 0 Å². The minimum absolute atomic E-state index is 0.0246. The van der Waals surface area contributed by atoms with Gasteiger partial charge in [0.2, 0.25) is 11.6 Å². The number of carbonyl (C=O) groups is 2. The van der Waals surface area contributed by atoms with E-state index < -0.39 is 0 Å². The Kier molecular flexibility index (Phi) is 3.21. The molecule has 5 saturated carbocycles. The highest BCUT2D eigenvalue weighted by Crippen LogP contribution is 2.66. The first-order chi connectivity index (χ1) is 11.4. The number of hydrogen-bond donors (Lipinski definition) is 0. The molecule has 0 N–H and O–H groups in total. The van der Waals surface area contributed by atoms with Crippen LogP contribution in [0.4, 0.5) is 0 Å². The number of Topliss-reactive ketones (excluding diaryl/α,β-unsaturated/α-hetero) is 2. The van der Waals surface area contributed by atoms with Gasteiger partial charge in [-0.25, -0.2) is 0 Å². The second-order valence-corrected chi connectivity index (χ2v) is 10.9. The zero-order chi connectivity index (χ0) is 16.8. The monoisotopic (exact) mass is 328 g/mol. The Morgan fingerprint density at radius 2 is 1.29 bits per heavy atom. The van der Waals surface area contributed by atoms with Crippen molar-refractivity contribution in [2.75, 3.05) is 0 Å². The van der Waals surface area contributed by atoms with E-state index in [-0.39, 0.29) is 23.4 Å². The van der Waals surface area contributed by atoms with Gasteiger partial charge >= 0.3 is 0 Å². The number of ketones is 2. The van der Waals surface area contributed by atoms with Gasteiger partial charge in [0, 0.05) is 11.8 Å². The van der Waals surface area contributed by atoms with Crippen LogP contribution in [0.2, 0.25) is 0 Å². The predicted octanol–water partition coefficient (Wildman–Crippen LogP) is 4.52. The average Bonchev–Trinajstić information content (AvgIpc) is 2.79. The summed E-state index contributed by atoms with van der Waals surface area (Å²) in [6.45, 7) is 7.20. The zero-order valence-corrected chi connectivity index (χ0v) is 15.5. The van der Waals surface area contributed by atoms with E-state index in [2.05, 4.69) is 20.8 Å². The highest BCUT2D eigenvalue weighted by molar-refractivity contribution is 6.41. The number of hydrogen-bond acceptors (Lipinski definition) is 2. The van der Waals surface area contributed by atoms with Crippen LogP contribution >= 0.6 is 0 Å². The van der Waals surface area contributed by atoms with Gasteiger partial charge in [0.1, 0.15) is 0 Å². The first kappa shape index (κ1) is 15.6. The van der Waals surface area contributed by atoms with Crippen molar-refractivity contribution in [1.29, 1.82) is 0 Å². The molecule has 24 heavy (non-hydrogen) atoms.